The minimum absolute atomic E-state index is 0.252. The third kappa shape index (κ3) is 3.04. The van der Waals surface area contributed by atoms with Gasteiger partial charge in [0.15, 0.2) is 0 Å². The van der Waals surface area contributed by atoms with Gasteiger partial charge < -0.3 is 15.8 Å². The van der Waals surface area contributed by atoms with Crippen molar-refractivity contribution in [1.82, 2.24) is 15.0 Å². The van der Waals surface area contributed by atoms with Crippen LogP contribution in [0.3, 0.4) is 0 Å². The Balaban J connectivity index is 2.02. The first kappa shape index (κ1) is 11.1. The number of ether oxygens (including phenoxy) is 1. The highest BCUT2D eigenvalue weighted by Gasteiger charge is 1.98. The Morgan fingerprint density at radius 1 is 1.29 bits per heavy atom. The van der Waals surface area contributed by atoms with Crippen LogP contribution in [0.5, 0.6) is 5.88 Å². The van der Waals surface area contributed by atoms with Crippen LogP contribution >= 0.6 is 0 Å². The predicted octanol–water partition coefficient (Wildman–Crippen LogP) is 1.07. The molecule has 0 unspecified atom stereocenters. The number of nitrogens with two attached hydrogens (primary N) is 1. The predicted molar refractivity (Wildman–Crippen MR) is 64.6 cm³/mol. The standard InChI is InChI=1S/C11H13N5O/c1-17-10-6-8(2-4-13-10)7-15-9-3-5-14-11(12)16-9/h2-6H,7H2,1H3,(H3,12,14,15,16). The molecule has 0 bridgehead atoms. The van der Waals surface area contributed by atoms with Gasteiger partial charge in [-0.15, -0.1) is 0 Å². The van der Waals surface area contributed by atoms with Gasteiger partial charge in [0.25, 0.3) is 0 Å². The second kappa shape index (κ2) is 5.11. The lowest BCUT2D eigenvalue weighted by Gasteiger charge is -2.06. The lowest BCUT2D eigenvalue weighted by molar-refractivity contribution is 0.397. The second-order valence-corrected chi connectivity index (χ2v) is 3.36. The molecule has 0 atom stereocenters. The first-order chi connectivity index (χ1) is 8.28. The summed E-state index contributed by atoms with van der Waals surface area (Å²) in [5, 5.41) is 3.14. The van der Waals surface area contributed by atoms with Gasteiger partial charge in [-0.25, -0.2) is 9.97 Å². The Hall–Kier alpha value is -2.37. The first-order valence-corrected chi connectivity index (χ1v) is 5.09. The zero-order chi connectivity index (χ0) is 12.1. The molecule has 0 aliphatic heterocycles. The van der Waals surface area contributed by atoms with E-state index in [-0.39, 0.29) is 5.95 Å². The molecule has 0 aromatic carbocycles. The van der Waals surface area contributed by atoms with E-state index in [2.05, 4.69) is 20.3 Å². The number of aromatic nitrogens is 3. The maximum Gasteiger partial charge on any atom is 0.221 e. The van der Waals surface area contributed by atoms with Crippen molar-refractivity contribution in [3.63, 3.8) is 0 Å². The minimum Gasteiger partial charge on any atom is -0.481 e. The molecule has 0 radical (unpaired) electrons. The van der Waals surface area contributed by atoms with Crippen molar-refractivity contribution in [1.29, 1.82) is 0 Å². The molecule has 6 heteroatoms. The topological polar surface area (TPSA) is 86.0 Å². The number of hydrogen-bond donors (Lipinski definition) is 2. The van der Waals surface area contributed by atoms with Gasteiger partial charge in [0.1, 0.15) is 5.82 Å². The number of nitrogen functional groups attached to an aromatic ring is 1. The molecule has 2 heterocycles. The van der Waals surface area contributed by atoms with Crippen LogP contribution in [0.4, 0.5) is 11.8 Å². The van der Waals surface area contributed by atoms with Crippen LogP contribution in [-0.2, 0) is 6.54 Å². The third-order valence-corrected chi connectivity index (χ3v) is 2.16. The SMILES string of the molecule is COc1cc(CNc2ccnc(N)n2)ccn1. The van der Waals surface area contributed by atoms with E-state index in [1.54, 1.807) is 25.6 Å². The Morgan fingerprint density at radius 3 is 2.88 bits per heavy atom. The summed E-state index contributed by atoms with van der Waals surface area (Å²) in [6.07, 6.45) is 3.31. The highest BCUT2D eigenvalue weighted by molar-refractivity contribution is 5.38. The smallest absolute Gasteiger partial charge is 0.221 e. The van der Waals surface area contributed by atoms with Gasteiger partial charge in [-0.1, -0.05) is 0 Å². The van der Waals surface area contributed by atoms with Crippen molar-refractivity contribution in [3.05, 3.63) is 36.2 Å². The molecule has 0 spiro atoms. The molecule has 2 aromatic rings. The molecule has 0 saturated heterocycles. The van der Waals surface area contributed by atoms with Gasteiger partial charge in [0, 0.05) is 25.0 Å². The highest BCUT2D eigenvalue weighted by Crippen LogP contribution is 2.10. The summed E-state index contributed by atoms with van der Waals surface area (Å²) in [5.41, 5.74) is 6.53. The quantitative estimate of drug-likeness (QED) is 0.818. The summed E-state index contributed by atoms with van der Waals surface area (Å²) in [6, 6.07) is 5.52. The van der Waals surface area contributed by atoms with E-state index in [1.165, 1.54) is 0 Å². The van der Waals surface area contributed by atoms with Crippen LogP contribution < -0.4 is 15.8 Å². The molecule has 0 aliphatic carbocycles. The van der Waals surface area contributed by atoms with Gasteiger partial charge in [-0.3, -0.25) is 0 Å². The van der Waals surface area contributed by atoms with Gasteiger partial charge in [0.2, 0.25) is 11.8 Å². The molecule has 2 rings (SSSR count). The summed E-state index contributed by atoms with van der Waals surface area (Å²) < 4.78 is 5.04. The van der Waals surface area contributed by atoms with Crippen LogP contribution in [0.25, 0.3) is 0 Å². The van der Waals surface area contributed by atoms with E-state index in [1.807, 2.05) is 12.1 Å². The van der Waals surface area contributed by atoms with Gasteiger partial charge in [-0.2, -0.15) is 4.98 Å². The molecule has 6 nitrogen and oxygen atoms in total. The van der Waals surface area contributed by atoms with Crippen LogP contribution in [0, 0.1) is 0 Å². The Kier molecular flexibility index (Phi) is 3.34. The first-order valence-electron chi connectivity index (χ1n) is 5.09. The number of hydrogen-bond acceptors (Lipinski definition) is 6. The van der Waals surface area contributed by atoms with E-state index in [9.17, 15) is 0 Å². The van der Waals surface area contributed by atoms with Gasteiger partial charge in [0.05, 0.1) is 7.11 Å². The fourth-order valence-corrected chi connectivity index (χ4v) is 1.34. The molecule has 88 valence electrons. The van der Waals surface area contributed by atoms with E-state index in [4.69, 9.17) is 10.5 Å². The number of nitrogens with zero attached hydrogens (tertiary/aromatic N) is 3. The Morgan fingerprint density at radius 2 is 2.12 bits per heavy atom. The lowest BCUT2D eigenvalue weighted by atomic mass is 10.2. The summed E-state index contributed by atoms with van der Waals surface area (Å²) in [6.45, 7) is 0.620. The summed E-state index contributed by atoms with van der Waals surface area (Å²) in [5.74, 6) is 1.53. The van der Waals surface area contributed by atoms with Crippen LogP contribution in [0.15, 0.2) is 30.6 Å². The van der Waals surface area contributed by atoms with Gasteiger partial charge in [-0.05, 0) is 17.7 Å². The Labute approximate surface area is 98.9 Å². The monoisotopic (exact) mass is 231 g/mol. The van der Waals surface area contributed by atoms with Crippen LogP contribution in [-0.4, -0.2) is 22.1 Å². The third-order valence-electron chi connectivity index (χ3n) is 2.16. The molecule has 0 aliphatic rings. The summed E-state index contributed by atoms with van der Waals surface area (Å²) >= 11 is 0. The van der Waals surface area contributed by atoms with Crippen molar-refractivity contribution in [2.75, 3.05) is 18.2 Å². The molecule has 0 amide bonds. The van der Waals surface area contributed by atoms with Gasteiger partial charge >= 0.3 is 0 Å². The second-order valence-electron chi connectivity index (χ2n) is 3.36. The fraction of sp³-hybridized carbons (Fsp3) is 0.182. The molecule has 0 fully saturated rings. The van der Waals surface area contributed by atoms with Crippen molar-refractivity contribution in [2.24, 2.45) is 0 Å². The van der Waals surface area contributed by atoms with E-state index in [0.717, 1.165) is 5.56 Å². The number of methoxy groups -OCH3 is 1. The number of rotatable bonds is 4. The van der Waals surface area contributed by atoms with Crippen LogP contribution in [0.1, 0.15) is 5.56 Å². The minimum atomic E-state index is 0.252. The van der Waals surface area contributed by atoms with E-state index >= 15 is 0 Å². The average Bonchev–Trinajstić information content (AvgIpc) is 2.37. The molecule has 17 heavy (non-hydrogen) atoms. The Bertz CT molecular complexity index is 503. The molecule has 3 N–H and O–H groups in total. The number of anilines is 2. The zero-order valence-electron chi connectivity index (χ0n) is 9.42. The van der Waals surface area contributed by atoms with Crippen molar-refractivity contribution < 1.29 is 4.74 Å². The maximum atomic E-state index is 5.48. The van der Waals surface area contributed by atoms with Crippen LogP contribution in [0.2, 0.25) is 0 Å². The normalized spacial score (nSPS) is 9.94. The molecular weight excluding hydrogens is 218 g/mol. The lowest BCUT2D eigenvalue weighted by Crippen LogP contribution is -2.04. The fourth-order valence-electron chi connectivity index (χ4n) is 1.34. The maximum absolute atomic E-state index is 5.48. The van der Waals surface area contributed by atoms with Crippen molar-refractivity contribution in [2.45, 2.75) is 6.54 Å². The zero-order valence-corrected chi connectivity index (χ0v) is 9.42. The number of pyridine rings is 1. The number of nitrogens with one attached hydrogen (secondary N) is 1. The largest absolute Gasteiger partial charge is 0.481 e. The average molecular weight is 231 g/mol. The van der Waals surface area contributed by atoms with Crippen molar-refractivity contribution in [3.8, 4) is 5.88 Å². The molecule has 2 aromatic heterocycles. The molecular formula is C11H13N5O. The van der Waals surface area contributed by atoms with E-state index in [0.29, 0.717) is 18.2 Å². The molecule has 0 saturated carbocycles. The van der Waals surface area contributed by atoms with E-state index < -0.39 is 0 Å². The highest BCUT2D eigenvalue weighted by atomic mass is 16.5. The van der Waals surface area contributed by atoms with Crippen molar-refractivity contribution >= 4 is 11.8 Å². The summed E-state index contributed by atoms with van der Waals surface area (Å²) in [4.78, 5) is 11.9. The summed E-state index contributed by atoms with van der Waals surface area (Å²) in [7, 11) is 1.59.